The summed E-state index contributed by atoms with van der Waals surface area (Å²) in [6, 6.07) is 3.80. The van der Waals surface area contributed by atoms with Gasteiger partial charge in [-0.05, 0) is 31.4 Å². The highest BCUT2D eigenvalue weighted by molar-refractivity contribution is 7.17. The summed E-state index contributed by atoms with van der Waals surface area (Å²) in [5.74, 6) is 0.550. The van der Waals surface area contributed by atoms with Gasteiger partial charge in [0.15, 0.2) is 12.4 Å². The molecule has 0 aromatic carbocycles. The Bertz CT molecular complexity index is 1210. The maximum Gasteiger partial charge on any atom is 0.308 e. The smallest absolute Gasteiger partial charge is 0.308 e. The average Bonchev–Trinajstić information content (AvgIpc) is 3.34. The standard InChI is InChI=1S/C17H18N6O3S/c1-10-8-11(2)22(20-10)6-4-14(24)26-9-13-18-19-17-21(3)16(25)15-12(23(13)17)5-7-27-15/h5,7-8H,4,6,9H2,1-3H3. The number of aromatic nitrogens is 6. The molecule has 0 fully saturated rings. The summed E-state index contributed by atoms with van der Waals surface area (Å²) >= 11 is 1.36. The van der Waals surface area contributed by atoms with Crippen molar-refractivity contribution in [3.05, 3.63) is 45.1 Å². The van der Waals surface area contributed by atoms with Crippen LogP contribution in [0.5, 0.6) is 0 Å². The zero-order chi connectivity index (χ0) is 19.1. The van der Waals surface area contributed by atoms with E-state index in [0.29, 0.717) is 22.8 Å². The molecule has 0 radical (unpaired) electrons. The van der Waals surface area contributed by atoms with Crippen LogP contribution >= 0.6 is 11.3 Å². The van der Waals surface area contributed by atoms with E-state index >= 15 is 0 Å². The molecule has 0 N–H and O–H groups in total. The normalized spacial score (nSPS) is 11.5. The van der Waals surface area contributed by atoms with Crippen molar-refractivity contribution >= 4 is 33.3 Å². The Morgan fingerprint density at radius 2 is 2.11 bits per heavy atom. The van der Waals surface area contributed by atoms with E-state index in [0.717, 1.165) is 16.9 Å². The largest absolute Gasteiger partial charge is 0.457 e. The van der Waals surface area contributed by atoms with Crippen molar-refractivity contribution in [2.75, 3.05) is 0 Å². The van der Waals surface area contributed by atoms with Crippen LogP contribution in [-0.4, -0.2) is 34.9 Å². The summed E-state index contributed by atoms with van der Waals surface area (Å²) in [6.07, 6.45) is 0.213. The number of fused-ring (bicyclic) bond motifs is 3. The molecular formula is C17H18N6O3S. The first-order valence-corrected chi connectivity index (χ1v) is 9.30. The molecule has 4 heterocycles. The number of ether oxygens (including phenoxy) is 1. The number of thiophene rings is 1. The molecule has 0 aliphatic carbocycles. The minimum atomic E-state index is -0.342. The Morgan fingerprint density at radius 3 is 2.85 bits per heavy atom. The first-order chi connectivity index (χ1) is 13.0. The van der Waals surface area contributed by atoms with Crippen molar-refractivity contribution in [2.45, 2.75) is 33.4 Å². The van der Waals surface area contributed by atoms with Gasteiger partial charge < -0.3 is 4.74 Å². The molecule has 0 aliphatic heterocycles. The molecule has 0 aliphatic rings. The van der Waals surface area contributed by atoms with E-state index < -0.39 is 0 Å². The van der Waals surface area contributed by atoms with Crippen LogP contribution in [0.15, 0.2) is 22.3 Å². The lowest BCUT2D eigenvalue weighted by atomic mass is 10.4. The fourth-order valence-corrected chi connectivity index (χ4v) is 3.91. The zero-order valence-corrected chi connectivity index (χ0v) is 16.0. The van der Waals surface area contributed by atoms with Gasteiger partial charge in [-0.3, -0.25) is 23.2 Å². The van der Waals surface area contributed by atoms with E-state index in [9.17, 15) is 9.59 Å². The van der Waals surface area contributed by atoms with Crippen LogP contribution in [0.4, 0.5) is 0 Å². The predicted octanol–water partition coefficient (Wildman–Crippen LogP) is 1.59. The molecule has 10 heteroatoms. The molecule has 0 spiro atoms. The van der Waals surface area contributed by atoms with E-state index in [2.05, 4.69) is 15.3 Å². The van der Waals surface area contributed by atoms with Gasteiger partial charge in [-0.2, -0.15) is 5.10 Å². The highest BCUT2D eigenvalue weighted by Gasteiger charge is 2.17. The molecule has 4 aromatic rings. The van der Waals surface area contributed by atoms with E-state index in [1.807, 2.05) is 31.4 Å². The van der Waals surface area contributed by atoms with Gasteiger partial charge in [-0.1, -0.05) is 0 Å². The van der Waals surface area contributed by atoms with Crippen molar-refractivity contribution in [2.24, 2.45) is 7.05 Å². The van der Waals surface area contributed by atoms with Crippen LogP contribution in [0.2, 0.25) is 0 Å². The monoisotopic (exact) mass is 386 g/mol. The third kappa shape index (κ3) is 3.01. The van der Waals surface area contributed by atoms with Crippen LogP contribution in [-0.2, 0) is 29.7 Å². The molecule has 140 valence electrons. The number of rotatable bonds is 5. The molecule has 0 bridgehead atoms. The number of carbonyl (C=O) groups excluding carboxylic acids is 1. The minimum absolute atomic E-state index is 0.0136. The van der Waals surface area contributed by atoms with Crippen LogP contribution in [0.1, 0.15) is 23.6 Å². The quantitative estimate of drug-likeness (QED) is 0.483. The number of hydrogen-bond donors (Lipinski definition) is 0. The molecule has 27 heavy (non-hydrogen) atoms. The van der Waals surface area contributed by atoms with E-state index in [1.54, 1.807) is 16.1 Å². The van der Waals surface area contributed by atoms with Gasteiger partial charge in [0.1, 0.15) is 4.70 Å². The van der Waals surface area contributed by atoms with Crippen LogP contribution < -0.4 is 5.56 Å². The third-order valence-electron chi connectivity index (χ3n) is 4.39. The molecule has 0 atom stereocenters. The van der Waals surface area contributed by atoms with E-state index in [4.69, 9.17) is 4.74 Å². The Morgan fingerprint density at radius 1 is 1.30 bits per heavy atom. The second kappa shape index (κ2) is 6.62. The molecule has 4 aromatic heterocycles. The minimum Gasteiger partial charge on any atom is -0.457 e. The predicted molar refractivity (Wildman–Crippen MR) is 99.7 cm³/mol. The second-order valence-electron chi connectivity index (χ2n) is 6.31. The molecule has 0 saturated heterocycles. The Hall–Kier alpha value is -3.01. The van der Waals surface area contributed by atoms with Crippen molar-refractivity contribution in [1.82, 2.24) is 28.9 Å². The van der Waals surface area contributed by atoms with Gasteiger partial charge in [0.25, 0.3) is 5.56 Å². The highest BCUT2D eigenvalue weighted by atomic mass is 32.1. The lowest BCUT2D eigenvalue weighted by Gasteiger charge is -2.07. The highest BCUT2D eigenvalue weighted by Crippen LogP contribution is 2.19. The summed E-state index contributed by atoms with van der Waals surface area (Å²) in [6.45, 7) is 4.31. The lowest BCUT2D eigenvalue weighted by molar-refractivity contribution is -0.145. The van der Waals surface area contributed by atoms with Crippen molar-refractivity contribution in [3.8, 4) is 0 Å². The van der Waals surface area contributed by atoms with Gasteiger partial charge in [0.2, 0.25) is 5.78 Å². The first-order valence-electron chi connectivity index (χ1n) is 8.42. The molecular weight excluding hydrogens is 368 g/mol. The fraction of sp³-hybridized carbons (Fsp3) is 0.353. The fourth-order valence-electron chi connectivity index (χ4n) is 3.06. The number of hydrogen-bond acceptors (Lipinski definition) is 7. The average molecular weight is 386 g/mol. The van der Waals surface area contributed by atoms with Crippen molar-refractivity contribution in [1.29, 1.82) is 0 Å². The molecule has 0 unspecified atom stereocenters. The van der Waals surface area contributed by atoms with Crippen LogP contribution in [0, 0.1) is 13.8 Å². The number of aryl methyl sites for hydroxylation is 4. The number of carbonyl (C=O) groups is 1. The Balaban J connectivity index is 1.51. The maximum atomic E-state index is 12.3. The summed E-state index contributed by atoms with van der Waals surface area (Å²) in [4.78, 5) is 24.5. The first kappa shape index (κ1) is 17.4. The number of nitrogens with zero attached hydrogens (tertiary/aromatic N) is 6. The second-order valence-corrected chi connectivity index (χ2v) is 7.23. The maximum absolute atomic E-state index is 12.3. The van der Waals surface area contributed by atoms with E-state index in [-0.39, 0.29) is 24.6 Å². The van der Waals surface area contributed by atoms with Crippen LogP contribution in [0.3, 0.4) is 0 Å². The van der Waals surface area contributed by atoms with Crippen LogP contribution in [0.25, 0.3) is 16.0 Å². The summed E-state index contributed by atoms with van der Waals surface area (Å²) in [5.41, 5.74) is 2.52. The van der Waals surface area contributed by atoms with Gasteiger partial charge in [-0.25, -0.2) is 0 Å². The summed E-state index contributed by atoms with van der Waals surface area (Å²) in [7, 11) is 1.65. The summed E-state index contributed by atoms with van der Waals surface area (Å²) in [5, 5.41) is 14.3. The van der Waals surface area contributed by atoms with Gasteiger partial charge in [0, 0.05) is 12.7 Å². The molecule has 9 nitrogen and oxygen atoms in total. The third-order valence-corrected chi connectivity index (χ3v) is 5.28. The Kier molecular flexibility index (Phi) is 4.27. The number of esters is 1. The summed E-state index contributed by atoms with van der Waals surface area (Å²) < 4.78 is 11.0. The van der Waals surface area contributed by atoms with Crippen molar-refractivity contribution < 1.29 is 9.53 Å². The van der Waals surface area contributed by atoms with E-state index in [1.165, 1.54) is 15.9 Å². The molecule has 0 saturated carbocycles. The molecule has 4 rings (SSSR count). The van der Waals surface area contributed by atoms with Gasteiger partial charge in [0.05, 0.1) is 24.2 Å². The topological polar surface area (TPSA) is 96.3 Å². The zero-order valence-electron chi connectivity index (χ0n) is 15.2. The SMILES string of the molecule is Cc1cc(C)n(CCC(=O)OCc2nnc3n(C)c(=O)c4sccc4n23)n1. The lowest BCUT2D eigenvalue weighted by Crippen LogP contribution is -2.19. The van der Waals surface area contributed by atoms with Crippen molar-refractivity contribution in [3.63, 3.8) is 0 Å². The van der Waals surface area contributed by atoms with Gasteiger partial charge >= 0.3 is 5.97 Å². The Labute approximate surface area is 157 Å². The van der Waals surface area contributed by atoms with Gasteiger partial charge in [-0.15, -0.1) is 21.5 Å². The molecule has 0 amide bonds.